The molecule has 2 atom stereocenters. The maximum Gasteiger partial charge on any atom is 0.362 e. The van der Waals surface area contributed by atoms with Crippen molar-refractivity contribution in [3.8, 4) is 0 Å². The van der Waals surface area contributed by atoms with E-state index < -0.39 is 18.1 Å². The van der Waals surface area contributed by atoms with Crippen molar-refractivity contribution in [2.24, 2.45) is 0 Å². The molecule has 0 fully saturated rings. The fourth-order valence-electron chi connectivity index (χ4n) is 5.56. The van der Waals surface area contributed by atoms with E-state index in [-0.39, 0.29) is 36.2 Å². The van der Waals surface area contributed by atoms with Crippen molar-refractivity contribution in [2.75, 3.05) is 41.0 Å². The third-order valence-electron chi connectivity index (χ3n) is 8.51. The number of carboxylic acid groups (broad SMARTS) is 1. The van der Waals surface area contributed by atoms with Gasteiger partial charge in [0.05, 0.1) is 34.4 Å². The second kappa shape index (κ2) is 29.7. The molecule has 8 heteroatoms. The predicted octanol–water partition coefficient (Wildman–Crippen LogP) is 9.02. The van der Waals surface area contributed by atoms with E-state index in [1.54, 1.807) is 0 Å². The lowest BCUT2D eigenvalue weighted by Crippen LogP contribution is -2.50. The Morgan fingerprint density at radius 1 is 0.578 bits per heavy atom. The maximum atomic E-state index is 12.6. The first-order chi connectivity index (χ1) is 21.6. The largest absolute Gasteiger partial charge is 0.477 e. The van der Waals surface area contributed by atoms with Gasteiger partial charge in [0.25, 0.3) is 0 Å². The summed E-state index contributed by atoms with van der Waals surface area (Å²) in [5.74, 6) is -1.46. The number of nitrogens with zero attached hydrogens (tertiary/aromatic N) is 1. The highest BCUT2D eigenvalue weighted by Crippen LogP contribution is 2.14. The van der Waals surface area contributed by atoms with Crippen molar-refractivity contribution in [2.45, 2.75) is 180 Å². The summed E-state index contributed by atoms with van der Waals surface area (Å²) in [6.07, 6.45) is 25.7. The molecule has 2 unspecified atom stereocenters. The number of carboxylic acids is 1. The first kappa shape index (κ1) is 43.3. The van der Waals surface area contributed by atoms with Crippen LogP contribution in [0.3, 0.4) is 0 Å². The lowest BCUT2D eigenvalue weighted by molar-refractivity contribution is -0.887. The highest BCUT2D eigenvalue weighted by Gasteiger charge is 2.31. The Balaban J connectivity index is 4.40. The van der Waals surface area contributed by atoms with E-state index in [4.69, 9.17) is 14.2 Å². The zero-order valence-electron chi connectivity index (χ0n) is 30.1. The second-order valence-corrected chi connectivity index (χ2v) is 13.8. The first-order valence-corrected chi connectivity index (χ1v) is 18.6. The Morgan fingerprint density at radius 2 is 0.978 bits per heavy atom. The minimum Gasteiger partial charge on any atom is -0.477 e. The van der Waals surface area contributed by atoms with E-state index in [1.807, 2.05) is 21.1 Å². The smallest absolute Gasteiger partial charge is 0.362 e. The zero-order valence-corrected chi connectivity index (χ0v) is 30.1. The molecular weight excluding hydrogens is 570 g/mol. The molecule has 0 saturated carbocycles. The van der Waals surface area contributed by atoms with Gasteiger partial charge in [-0.15, -0.1) is 0 Å². The van der Waals surface area contributed by atoms with Crippen LogP contribution in [0.4, 0.5) is 0 Å². The predicted molar refractivity (Wildman–Crippen MR) is 183 cm³/mol. The average molecular weight is 643 g/mol. The Morgan fingerprint density at radius 3 is 1.38 bits per heavy atom. The summed E-state index contributed by atoms with van der Waals surface area (Å²) in [4.78, 5) is 36.6. The molecule has 0 radical (unpaired) electrons. The van der Waals surface area contributed by atoms with E-state index in [2.05, 4.69) is 13.8 Å². The molecule has 0 spiro atoms. The van der Waals surface area contributed by atoms with Crippen molar-refractivity contribution < 1.29 is 38.2 Å². The SMILES string of the molecule is CCCCCCCCCCCCCCC(=O)OCC(COCCC(C(=O)O)[N+](C)(C)C)OC(=O)CCCCCCCCCCC. The third-order valence-corrected chi connectivity index (χ3v) is 8.51. The Labute approximate surface area is 276 Å². The highest BCUT2D eigenvalue weighted by atomic mass is 16.6. The molecule has 0 saturated heterocycles. The highest BCUT2D eigenvalue weighted by molar-refractivity contribution is 5.72. The summed E-state index contributed by atoms with van der Waals surface area (Å²) in [5.41, 5.74) is 0. The summed E-state index contributed by atoms with van der Waals surface area (Å²) in [6, 6.07) is -0.606. The second-order valence-electron chi connectivity index (χ2n) is 13.8. The van der Waals surface area contributed by atoms with E-state index in [9.17, 15) is 19.5 Å². The van der Waals surface area contributed by atoms with Crippen LogP contribution in [-0.2, 0) is 28.6 Å². The quantitative estimate of drug-likeness (QED) is 0.0433. The molecule has 0 rings (SSSR count). The molecule has 0 bridgehead atoms. The molecule has 0 heterocycles. The van der Waals surface area contributed by atoms with Gasteiger partial charge in [-0.25, -0.2) is 4.79 Å². The molecular formula is C37H72NO7+. The maximum absolute atomic E-state index is 12.6. The van der Waals surface area contributed by atoms with Crippen LogP contribution in [0.1, 0.15) is 168 Å². The monoisotopic (exact) mass is 643 g/mol. The number of hydrogen-bond acceptors (Lipinski definition) is 6. The van der Waals surface area contributed by atoms with Gasteiger partial charge < -0.3 is 23.8 Å². The van der Waals surface area contributed by atoms with Crippen LogP contribution in [-0.4, -0.2) is 80.6 Å². The first-order valence-electron chi connectivity index (χ1n) is 18.6. The number of unbranched alkanes of at least 4 members (excludes halogenated alkanes) is 19. The van der Waals surface area contributed by atoms with Gasteiger partial charge in [0, 0.05) is 19.3 Å². The average Bonchev–Trinajstić information content (AvgIpc) is 2.98. The Bertz CT molecular complexity index is 722. The van der Waals surface area contributed by atoms with Gasteiger partial charge in [0.2, 0.25) is 0 Å². The van der Waals surface area contributed by atoms with Crippen molar-refractivity contribution in [1.29, 1.82) is 0 Å². The van der Waals surface area contributed by atoms with Gasteiger partial charge in [-0.1, -0.05) is 136 Å². The number of rotatable bonds is 33. The lowest BCUT2D eigenvalue weighted by Gasteiger charge is -2.31. The molecule has 1 N–H and O–H groups in total. The zero-order chi connectivity index (χ0) is 33.6. The fourth-order valence-corrected chi connectivity index (χ4v) is 5.56. The number of carbonyl (C=O) groups is 3. The summed E-state index contributed by atoms with van der Waals surface area (Å²) in [7, 11) is 5.52. The van der Waals surface area contributed by atoms with Crippen molar-refractivity contribution in [1.82, 2.24) is 0 Å². The minimum absolute atomic E-state index is 0.0434. The third kappa shape index (κ3) is 28.3. The molecule has 0 aliphatic carbocycles. The molecule has 266 valence electrons. The van der Waals surface area contributed by atoms with Crippen LogP contribution in [0.15, 0.2) is 0 Å². The number of aliphatic carboxylic acids is 1. The molecule has 0 aromatic carbocycles. The minimum atomic E-state index is -0.873. The molecule has 0 aromatic rings. The Hall–Kier alpha value is -1.67. The van der Waals surface area contributed by atoms with Gasteiger partial charge in [-0.3, -0.25) is 9.59 Å². The number of esters is 2. The van der Waals surface area contributed by atoms with E-state index in [0.717, 1.165) is 38.5 Å². The molecule has 0 aliphatic rings. The van der Waals surface area contributed by atoms with Crippen LogP contribution in [0.5, 0.6) is 0 Å². The summed E-state index contributed by atoms with van der Waals surface area (Å²) >= 11 is 0. The van der Waals surface area contributed by atoms with Gasteiger partial charge >= 0.3 is 17.9 Å². The van der Waals surface area contributed by atoms with Crippen molar-refractivity contribution in [3.05, 3.63) is 0 Å². The van der Waals surface area contributed by atoms with Gasteiger partial charge in [0.1, 0.15) is 6.61 Å². The summed E-state index contributed by atoms with van der Waals surface area (Å²) < 4.78 is 17.2. The molecule has 8 nitrogen and oxygen atoms in total. The topological polar surface area (TPSA) is 99.1 Å². The van der Waals surface area contributed by atoms with E-state index in [1.165, 1.54) is 96.3 Å². The van der Waals surface area contributed by atoms with Crippen LogP contribution in [0.25, 0.3) is 0 Å². The van der Waals surface area contributed by atoms with Gasteiger partial charge in [-0.05, 0) is 12.8 Å². The number of carbonyl (C=O) groups excluding carboxylic acids is 2. The molecule has 0 aromatic heterocycles. The van der Waals surface area contributed by atoms with Crippen molar-refractivity contribution >= 4 is 17.9 Å². The van der Waals surface area contributed by atoms with Crippen LogP contribution >= 0.6 is 0 Å². The van der Waals surface area contributed by atoms with E-state index >= 15 is 0 Å². The lowest BCUT2D eigenvalue weighted by atomic mass is 10.0. The number of ether oxygens (including phenoxy) is 3. The standard InChI is InChI=1S/C37H71NO7/c1-6-8-10-12-14-16-17-18-20-21-23-25-27-35(39)44-32-33(31-43-30-29-34(37(41)42)38(3,4)5)45-36(40)28-26-24-22-19-15-13-11-9-7-2/h33-34H,6-32H2,1-5H3/p+1. The molecule has 45 heavy (non-hydrogen) atoms. The summed E-state index contributed by atoms with van der Waals surface area (Å²) in [6.45, 7) is 4.71. The van der Waals surface area contributed by atoms with Crippen LogP contribution in [0, 0.1) is 0 Å². The number of hydrogen-bond donors (Lipinski definition) is 1. The van der Waals surface area contributed by atoms with Crippen LogP contribution in [0.2, 0.25) is 0 Å². The normalized spacial score (nSPS) is 13.0. The van der Waals surface area contributed by atoms with E-state index in [0.29, 0.717) is 19.3 Å². The number of likely N-dealkylation sites (N-methyl/N-ethyl adjacent to an activating group) is 1. The van der Waals surface area contributed by atoms with Crippen molar-refractivity contribution in [3.63, 3.8) is 0 Å². The van der Waals surface area contributed by atoms with Gasteiger partial charge in [-0.2, -0.15) is 0 Å². The molecule has 0 amide bonds. The summed E-state index contributed by atoms with van der Waals surface area (Å²) in [5, 5.41) is 9.55. The van der Waals surface area contributed by atoms with Crippen LogP contribution < -0.4 is 0 Å². The van der Waals surface area contributed by atoms with Gasteiger partial charge in [0.15, 0.2) is 12.1 Å². The Kier molecular flexibility index (Phi) is 28.6. The number of quaternary nitrogens is 1. The molecule has 0 aliphatic heterocycles. The fraction of sp³-hybridized carbons (Fsp3) is 0.919.